The summed E-state index contributed by atoms with van der Waals surface area (Å²) in [5.74, 6) is 1.81. The van der Waals surface area contributed by atoms with Crippen molar-refractivity contribution in [3.05, 3.63) is 41.6 Å². The molecule has 1 aromatic heterocycles. The van der Waals surface area contributed by atoms with Crippen LogP contribution in [0.25, 0.3) is 0 Å². The van der Waals surface area contributed by atoms with Crippen molar-refractivity contribution in [1.29, 1.82) is 5.26 Å². The number of ether oxygens (including phenoxy) is 1. The molecule has 7 heteroatoms. The molecule has 27 heavy (non-hydrogen) atoms. The van der Waals surface area contributed by atoms with Crippen LogP contribution in [0.2, 0.25) is 0 Å². The molecule has 0 amide bonds. The van der Waals surface area contributed by atoms with E-state index in [4.69, 9.17) is 15.0 Å². The van der Waals surface area contributed by atoms with E-state index >= 15 is 0 Å². The summed E-state index contributed by atoms with van der Waals surface area (Å²) in [6.07, 6.45) is 0. The van der Waals surface area contributed by atoms with Gasteiger partial charge in [0, 0.05) is 56.7 Å². The quantitative estimate of drug-likeness (QED) is 0.823. The van der Waals surface area contributed by atoms with Crippen molar-refractivity contribution in [3.63, 3.8) is 0 Å². The van der Waals surface area contributed by atoms with Crippen LogP contribution in [-0.2, 0) is 4.74 Å². The number of hydrogen-bond acceptors (Lipinski definition) is 7. The van der Waals surface area contributed by atoms with Gasteiger partial charge in [0.05, 0.1) is 24.8 Å². The molecule has 2 aliphatic rings. The minimum absolute atomic E-state index is 0.696. The normalized spacial score (nSPS) is 17.7. The predicted molar refractivity (Wildman–Crippen MR) is 105 cm³/mol. The minimum Gasteiger partial charge on any atom is -0.378 e. The molecule has 0 spiro atoms. The fourth-order valence-electron chi connectivity index (χ4n) is 3.54. The minimum atomic E-state index is 0.696. The van der Waals surface area contributed by atoms with Gasteiger partial charge in [-0.1, -0.05) is 0 Å². The summed E-state index contributed by atoms with van der Waals surface area (Å²) in [5, 5.41) is 8.94. The molecule has 0 N–H and O–H groups in total. The number of morpholine rings is 1. The molecule has 7 nitrogen and oxygen atoms in total. The van der Waals surface area contributed by atoms with Crippen molar-refractivity contribution in [2.45, 2.75) is 6.92 Å². The van der Waals surface area contributed by atoms with E-state index in [-0.39, 0.29) is 0 Å². The molecule has 1 aromatic carbocycles. The lowest BCUT2D eigenvalue weighted by atomic mass is 10.2. The first-order valence-electron chi connectivity index (χ1n) is 9.41. The molecule has 2 aliphatic heterocycles. The third-order valence-corrected chi connectivity index (χ3v) is 5.09. The molecular formula is C20H24N6O. The van der Waals surface area contributed by atoms with Crippen molar-refractivity contribution in [2.75, 3.05) is 67.2 Å². The fraction of sp³-hybridized carbons (Fsp3) is 0.450. The summed E-state index contributed by atoms with van der Waals surface area (Å²) >= 11 is 0. The Bertz CT molecular complexity index is 817. The van der Waals surface area contributed by atoms with Gasteiger partial charge in [0.1, 0.15) is 5.82 Å². The van der Waals surface area contributed by atoms with Crippen molar-refractivity contribution >= 4 is 17.5 Å². The van der Waals surface area contributed by atoms with Crippen molar-refractivity contribution in [2.24, 2.45) is 0 Å². The molecule has 4 rings (SSSR count). The maximum atomic E-state index is 8.94. The zero-order valence-corrected chi connectivity index (χ0v) is 15.6. The number of benzene rings is 1. The molecule has 2 fully saturated rings. The Hall–Kier alpha value is -2.85. The van der Waals surface area contributed by atoms with Gasteiger partial charge >= 0.3 is 0 Å². The van der Waals surface area contributed by atoms with E-state index in [1.54, 1.807) is 0 Å². The molecular weight excluding hydrogens is 340 g/mol. The van der Waals surface area contributed by atoms with Gasteiger partial charge in [0.15, 0.2) is 0 Å². The second kappa shape index (κ2) is 7.80. The van der Waals surface area contributed by atoms with Gasteiger partial charge in [0.2, 0.25) is 5.95 Å². The zero-order chi connectivity index (χ0) is 18.6. The smallest absolute Gasteiger partial charge is 0.227 e. The summed E-state index contributed by atoms with van der Waals surface area (Å²) in [7, 11) is 0. The maximum absolute atomic E-state index is 8.94. The van der Waals surface area contributed by atoms with E-state index < -0.39 is 0 Å². The summed E-state index contributed by atoms with van der Waals surface area (Å²) in [6, 6.07) is 12.0. The average molecular weight is 364 g/mol. The summed E-state index contributed by atoms with van der Waals surface area (Å²) in [6.45, 7) is 8.88. The molecule has 2 aromatic rings. The third kappa shape index (κ3) is 3.96. The van der Waals surface area contributed by atoms with Crippen molar-refractivity contribution in [3.8, 4) is 6.07 Å². The van der Waals surface area contributed by atoms with E-state index in [0.29, 0.717) is 5.56 Å². The van der Waals surface area contributed by atoms with Gasteiger partial charge in [0.25, 0.3) is 0 Å². The second-order valence-corrected chi connectivity index (χ2v) is 6.90. The molecule has 3 heterocycles. The van der Waals surface area contributed by atoms with E-state index in [0.717, 1.165) is 75.6 Å². The highest BCUT2D eigenvalue weighted by molar-refractivity contribution is 5.52. The molecule has 0 atom stereocenters. The first kappa shape index (κ1) is 17.6. The Kier molecular flexibility index (Phi) is 5.07. The Morgan fingerprint density at radius 3 is 2.22 bits per heavy atom. The van der Waals surface area contributed by atoms with Crippen LogP contribution in [0.3, 0.4) is 0 Å². The standard InChI is InChI=1S/C20H24N6O/c1-16-14-19(25-10-12-27-13-11-25)23-20(22-16)26-8-6-24(7-9-26)18-4-2-17(15-21)3-5-18/h2-5,14H,6-13H2,1H3. The summed E-state index contributed by atoms with van der Waals surface area (Å²) < 4.78 is 5.45. The van der Waals surface area contributed by atoms with E-state index in [1.165, 1.54) is 0 Å². The molecule has 0 aliphatic carbocycles. The Labute approximate surface area is 159 Å². The lowest BCUT2D eigenvalue weighted by Crippen LogP contribution is -2.47. The number of piperazine rings is 1. The Balaban J connectivity index is 1.44. The average Bonchev–Trinajstić information content (AvgIpc) is 2.74. The summed E-state index contributed by atoms with van der Waals surface area (Å²) in [5.41, 5.74) is 2.85. The molecule has 0 bridgehead atoms. The molecule has 140 valence electrons. The topological polar surface area (TPSA) is 68.5 Å². The van der Waals surface area contributed by atoms with Crippen LogP contribution in [0.15, 0.2) is 30.3 Å². The van der Waals surface area contributed by atoms with Crippen molar-refractivity contribution in [1.82, 2.24) is 9.97 Å². The highest BCUT2D eigenvalue weighted by Gasteiger charge is 2.21. The van der Waals surface area contributed by atoms with Crippen molar-refractivity contribution < 1.29 is 4.74 Å². The number of aromatic nitrogens is 2. The van der Waals surface area contributed by atoms with Crippen LogP contribution in [0.5, 0.6) is 0 Å². The van der Waals surface area contributed by atoms with Gasteiger partial charge in [-0.3, -0.25) is 0 Å². The molecule has 0 radical (unpaired) electrons. The summed E-state index contributed by atoms with van der Waals surface area (Å²) in [4.78, 5) is 16.4. The van der Waals surface area contributed by atoms with Gasteiger partial charge in [-0.2, -0.15) is 10.2 Å². The van der Waals surface area contributed by atoms with E-state index in [9.17, 15) is 0 Å². The van der Waals surface area contributed by atoms with Gasteiger partial charge in [-0.05, 0) is 31.2 Å². The number of nitriles is 1. The van der Waals surface area contributed by atoms with Gasteiger partial charge in [-0.15, -0.1) is 0 Å². The van der Waals surface area contributed by atoms with Crippen LogP contribution in [-0.4, -0.2) is 62.5 Å². The number of anilines is 3. The lowest BCUT2D eigenvalue weighted by molar-refractivity contribution is 0.122. The van der Waals surface area contributed by atoms with E-state index in [2.05, 4.69) is 31.8 Å². The van der Waals surface area contributed by atoms with Gasteiger partial charge < -0.3 is 19.4 Å². The van der Waals surface area contributed by atoms with Crippen LogP contribution >= 0.6 is 0 Å². The SMILES string of the molecule is Cc1cc(N2CCOCC2)nc(N2CCN(c3ccc(C#N)cc3)CC2)n1. The first-order chi connectivity index (χ1) is 13.2. The largest absolute Gasteiger partial charge is 0.378 e. The number of hydrogen-bond donors (Lipinski definition) is 0. The highest BCUT2D eigenvalue weighted by atomic mass is 16.5. The molecule has 0 saturated carbocycles. The molecule has 2 saturated heterocycles. The van der Waals surface area contributed by atoms with Crippen LogP contribution < -0.4 is 14.7 Å². The second-order valence-electron chi connectivity index (χ2n) is 6.90. The predicted octanol–water partition coefficient (Wildman–Crippen LogP) is 1.82. The van der Waals surface area contributed by atoms with Crippen LogP contribution in [0.1, 0.15) is 11.3 Å². The van der Waals surface area contributed by atoms with Crippen LogP contribution in [0, 0.1) is 18.3 Å². The first-order valence-corrected chi connectivity index (χ1v) is 9.41. The van der Waals surface area contributed by atoms with Crippen LogP contribution in [0.4, 0.5) is 17.5 Å². The van der Waals surface area contributed by atoms with Gasteiger partial charge in [-0.25, -0.2) is 4.98 Å². The third-order valence-electron chi connectivity index (χ3n) is 5.09. The Morgan fingerprint density at radius 1 is 0.889 bits per heavy atom. The monoisotopic (exact) mass is 364 g/mol. The lowest BCUT2D eigenvalue weighted by Gasteiger charge is -2.36. The maximum Gasteiger partial charge on any atom is 0.227 e. The number of nitrogens with zero attached hydrogens (tertiary/aromatic N) is 6. The van der Waals surface area contributed by atoms with E-state index in [1.807, 2.05) is 31.2 Å². The fourth-order valence-corrected chi connectivity index (χ4v) is 3.54. The highest BCUT2D eigenvalue weighted by Crippen LogP contribution is 2.22. The number of aryl methyl sites for hydroxylation is 1. The zero-order valence-electron chi connectivity index (χ0n) is 15.6. The Morgan fingerprint density at radius 2 is 1.56 bits per heavy atom. The molecule has 0 unspecified atom stereocenters. The number of rotatable bonds is 3.